The third-order valence-electron chi connectivity index (χ3n) is 5.45. The van der Waals surface area contributed by atoms with E-state index in [4.69, 9.17) is 0 Å². The van der Waals surface area contributed by atoms with Gasteiger partial charge >= 0.3 is 0 Å². The first-order valence-electron chi connectivity index (χ1n) is 10.1. The summed E-state index contributed by atoms with van der Waals surface area (Å²) in [4.78, 5) is 24.4. The van der Waals surface area contributed by atoms with Gasteiger partial charge in [0.05, 0.1) is 0 Å². The van der Waals surface area contributed by atoms with E-state index >= 15 is 0 Å². The Kier molecular flexibility index (Phi) is 7.36. The molecule has 2 aromatic rings. The van der Waals surface area contributed by atoms with Crippen LogP contribution in [0.4, 0.5) is 10.1 Å². The Morgan fingerprint density at radius 1 is 1.14 bits per heavy atom. The van der Waals surface area contributed by atoms with Crippen LogP contribution < -0.4 is 16.0 Å². The van der Waals surface area contributed by atoms with Crippen molar-refractivity contribution < 1.29 is 14.0 Å². The van der Waals surface area contributed by atoms with Gasteiger partial charge in [-0.2, -0.15) is 0 Å². The summed E-state index contributed by atoms with van der Waals surface area (Å²) in [5.74, 6) is 0.331. The van der Waals surface area contributed by atoms with Crippen LogP contribution in [-0.4, -0.2) is 24.9 Å². The van der Waals surface area contributed by atoms with Crippen LogP contribution in [0.25, 0.3) is 0 Å². The van der Waals surface area contributed by atoms with Crippen LogP contribution in [0.15, 0.2) is 48.5 Å². The summed E-state index contributed by atoms with van der Waals surface area (Å²) in [6.45, 7) is 4.69. The highest BCUT2D eigenvalue weighted by atomic mass is 19.1. The summed E-state index contributed by atoms with van der Waals surface area (Å²) in [5, 5.41) is 9.16. The second-order valence-corrected chi connectivity index (χ2v) is 7.72. The first-order chi connectivity index (χ1) is 14.0. The van der Waals surface area contributed by atoms with Crippen LogP contribution in [0.5, 0.6) is 0 Å². The summed E-state index contributed by atoms with van der Waals surface area (Å²) >= 11 is 0. The fourth-order valence-electron chi connectivity index (χ4n) is 3.61. The maximum absolute atomic E-state index is 13.0. The number of carbonyl (C=O) groups is 2. The highest BCUT2D eigenvalue weighted by molar-refractivity contribution is 6.04. The number of rotatable bonds is 7. The number of hydrogen-bond donors (Lipinski definition) is 3. The van der Waals surface area contributed by atoms with Crippen molar-refractivity contribution in [1.82, 2.24) is 10.6 Å². The average molecular weight is 397 g/mol. The van der Waals surface area contributed by atoms with E-state index in [9.17, 15) is 14.0 Å². The summed E-state index contributed by atoms with van der Waals surface area (Å²) < 4.78 is 13.0. The van der Waals surface area contributed by atoms with Crippen molar-refractivity contribution in [1.29, 1.82) is 0 Å². The van der Waals surface area contributed by atoms with Gasteiger partial charge in [-0.3, -0.25) is 9.59 Å². The Labute approximate surface area is 171 Å². The molecule has 0 aliphatic carbocycles. The van der Waals surface area contributed by atoms with Gasteiger partial charge in [-0.05, 0) is 79.7 Å². The van der Waals surface area contributed by atoms with E-state index < -0.39 is 0 Å². The number of halogens is 1. The molecule has 2 aromatic carbocycles. The quantitative estimate of drug-likeness (QED) is 0.667. The first-order valence-corrected chi connectivity index (χ1v) is 10.1. The predicted octanol–water partition coefficient (Wildman–Crippen LogP) is 3.72. The predicted molar refractivity (Wildman–Crippen MR) is 112 cm³/mol. The van der Waals surface area contributed by atoms with Crippen molar-refractivity contribution in [3.05, 3.63) is 65.5 Å². The fourth-order valence-corrected chi connectivity index (χ4v) is 3.61. The summed E-state index contributed by atoms with van der Waals surface area (Å²) in [5.41, 5.74) is 2.00. The number of nitrogens with one attached hydrogen (secondary N) is 3. The lowest BCUT2D eigenvalue weighted by Gasteiger charge is -2.28. The minimum Gasteiger partial charge on any atom is -0.352 e. The zero-order chi connectivity index (χ0) is 20.6. The molecule has 6 heteroatoms. The Morgan fingerprint density at radius 2 is 1.86 bits per heavy atom. The van der Waals surface area contributed by atoms with Crippen LogP contribution in [0.3, 0.4) is 0 Å². The maximum atomic E-state index is 13.0. The number of benzene rings is 2. The van der Waals surface area contributed by atoms with E-state index in [1.807, 2.05) is 12.1 Å². The number of hydrogen-bond acceptors (Lipinski definition) is 3. The van der Waals surface area contributed by atoms with Crippen LogP contribution in [-0.2, 0) is 11.3 Å². The van der Waals surface area contributed by atoms with Gasteiger partial charge in [0.25, 0.3) is 5.91 Å². The molecule has 3 N–H and O–H groups in total. The van der Waals surface area contributed by atoms with Gasteiger partial charge in [0.15, 0.2) is 0 Å². The van der Waals surface area contributed by atoms with Crippen molar-refractivity contribution >= 4 is 17.5 Å². The largest absolute Gasteiger partial charge is 0.352 e. The molecule has 0 saturated carbocycles. The molecule has 29 heavy (non-hydrogen) atoms. The lowest BCUT2D eigenvalue weighted by atomic mass is 9.85. The molecule has 5 nitrogen and oxygen atoms in total. The van der Waals surface area contributed by atoms with Gasteiger partial charge in [-0.15, -0.1) is 0 Å². The van der Waals surface area contributed by atoms with Gasteiger partial charge in [0.2, 0.25) is 5.91 Å². The fraction of sp³-hybridized carbons (Fsp3) is 0.391. The van der Waals surface area contributed by atoms with E-state index in [2.05, 4.69) is 22.9 Å². The molecule has 1 aliphatic heterocycles. The monoisotopic (exact) mass is 397 g/mol. The highest BCUT2D eigenvalue weighted by Gasteiger charge is 2.21. The van der Waals surface area contributed by atoms with E-state index in [-0.39, 0.29) is 17.6 Å². The lowest BCUT2D eigenvalue weighted by molar-refractivity contribution is -0.122. The third kappa shape index (κ3) is 6.39. The summed E-state index contributed by atoms with van der Waals surface area (Å²) in [7, 11) is 0. The van der Waals surface area contributed by atoms with Crippen LogP contribution >= 0.6 is 0 Å². The molecule has 1 fully saturated rings. The maximum Gasteiger partial charge on any atom is 0.255 e. The van der Waals surface area contributed by atoms with Gasteiger partial charge in [0.1, 0.15) is 5.82 Å². The molecule has 154 valence electrons. The summed E-state index contributed by atoms with van der Waals surface area (Å²) in [6, 6.07) is 12.7. The van der Waals surface area contributed by atoms with E-state index in [1.165, 1.54) is 37.1 Å². The minimum atomic E-state index is -0.377. The molecule has 1 heterocycles. The minimum absolute atomic E-state index is 0.0664. The zero-order valence-corrected chi connectivity index (χ0v) is 16.7. The highest BCUT2D eigenvalue weighted by Crippen LogP contribution is 2.22. The Balaban J connectivity index is 1.44. The van der Waals surface area contributed by atoms with Crippen molar-refractivity contribution in [2.24, 2.45) is 11.8 Å². The van der Waals surface area contributed by atoms with E-state index in [0.29, 0.717) is 36.1 Å². The second-order valence-electron chi connectivity index (χ2n) is 7.72. The molecule has 0 bridgehead atoms. The zero-order valence-electron chi connectivity index (χ0n) is 16.7. The van der Waals surface area contributed by atoms with Gasteiger partial charge in [-0.1, -0.05) is 19.1 Å². The summed E-state index contributed by atoms with van der Waals surface area (Å²) in [6.07, 6.45) is 2.91. The van der Waals surface area contributed by atoms with E-state index in [1.54, 1.807) is 12.1 Å². The first kappa shape index (κ1) is 21.0. The van der Waals surface area contributed by atoms with Crippen molar-refractivity contribution in [3.63, 3.8) is 0 Å². The third-order valence-corrected chi connectivity index (χ3v) is 5.45. The number of piperidine rings is 1. The molecule has 2 amide bonds. The number of anilines is 1. The Bertz CT molecular complexity index is 815. The normalized spacial score (nSPS) is 17.4. The van der Waals surface area contributed by atoms with Crippen molar-refractivity contribution in [2.75, 3.05) is 18.4 Å². The van der Waals surface area contributed by atoms with Crippen molar-refractivity contribution in [3.8, 4) is 0 Å². The van der Waals surface area contributed by atoms with E-state index in [0.717, 1.165) is 18.7 Å². The Hall–Kier alpha value is -2.73. The topological polar surface area (TPSA) is 70.2 Å². The van der Waals surface area contributed by atoms with Crippen LogP contribution in [0.1, 0.15) is 42.1 Å². The standard InChI is InChI=1S/C23H28FN3O2/c1-16(19-3-2-12-25-15-19)13-22(28)26-14-17-4-10-21(11-5-17)27-23(29)18-6-8-20(24)9-7-18/h4-11,16,19,25H,2-3,12-15H2,1H3,(H,26,28)(H,27,29). The Morgan fingerprint density at radius 3 is 2.52 bits per heavy atom. The molecular weight excluding hydrogens is 369 g/mol. The molecular formula is C23H28FN3O2. The van der Waals surface area contributed by atoms with Gasteiger partial charge in [0, 0.05) is 24.2 Å². The van der Waals surface area contributed by atoms with Gasteiger partial charge in [-0.25, -0.2) is 4.39 Å². The van der Waals surface area contributed by atoms with Gasteiger partial charge < -0.3 is 16.0 Å². The molecule has 0 aromatic heterocycles. The van der Waals surface area contributed by atoms with Crippen molar-refractivity contribution in [2.45, 2.75) is 32.7 Å². The molecule has 2 atom stereocenters. The molecule has 2 unspecified atom stereocenters. The smallest absolute Gasteiger partial charge is 0.255 e. The second kappa shape index (κ2) is 10.2. The molecule has 3 rings (SSSR count). The molecule has 0 spiro atoms. The van der Waals surface area contributed by atoms with Crippen LogP contribution in [0.2, 0.25) is 0 Å². The SMILES string of the molecule is CC(CC(=O)NCc1ccc(NC(=O)c2ccc(F)cc2)cc1)C1CCCNC1. The number of carbonyl (C=O) groups excluding carboxylic acids is 2. The number of amides is 2. The molecule has 0 radical (unpaired) electrons. The molecule has 1 aliphatic rings. The average Bonchev–Trinajstić information content (AvgIpc) is 2.74. The molecule has 1 saturated heterocycles. The lowest BCUT2D eigenvalue weighted by Crippen LogP contribution is -2.35. The van der Waals surface area contributed by atoms with Crippen LogP contribution in [0, 0.1) is 17.7 Å².